The molecule has 2 aromatic rings. The van der Waals surface area contributed by atoms with Gasteiger partial charge in [0.2, 0.25) is 0 Å². The molecule has 0 aliphatic rings. The van der Waals surface area contributed by atoms with Gasteiger partial charge in [-0.1, -0.05) is 17.7 Å². The summed E-state index contributed by atoms with van der Waals surface area (Å²) < 4.78 is 0. The van der Waals surface area contributed by atoms with E-state index in [0.717, 1.165) is 22.3 Å². The average Bonchev–Trinajstić information content (AvgIpc) is 2.28. The summed E-state index contributed by atoms with van der Waals surface area (Å²) in [5.74, 6) is 0. The third kappa shape index (κ3) is 2.71. The summed E-state index contributed by atoms with van der Waals surface area (Å²) in [7, 11) is 0. The zero-order valence-corrected chi connectivity index (χ0v) is 10.4. The highest BCUT2D eigenvalue weighted by atomic mass is 16.3. The molecule has 0 saturated heterocycles. The van der Waals surface area contributed by atoms with Crippen LogP contribution in [0.1, 0.15) is 25.0 Å². The smallest absolute Gasteiger partial charge is 0.0840 e. The van der Waals surface area contributed by atoms with Gasteiger partial charge in [0.15, 0.2) is 0 Å². The minimum absolute atomic E-state index is 0.812. The van der Waals surface area contributed by atoms with Crippen molar-refractivity contribution in [3.8, 4) is 11.1 Å². The maximum absolute atomic E-state index is 10.1. The van der Waals surface area contributed by atoms with Crippen molar-refractivity contribution in [1.29, 1.82) is 0 Å². The summed E-state index contributed by atoms with van der Waals surface area (Å²) in [6.45, 7) is 5.65. The molecule has 1 aromatic carbocycles. The molecule has 1 N–H and O–H groups in total. The Morgan fingerprint density at radius 1 is 1.00 bits per heavy atom. The van der Waals surface area contributed by atoms with Gasteiger partial charge in [-0.25, -0.2) is 0 Å². The van der Waals surface area contributed by atoms with E-state index in [1.807, 2.05) is 31.2 Å². The molecule has 0 fully saturated rings. The van der Waals surface area contributed by atoms with E-state index in [9.17, 15) is 5.11 Å². The summed E-state index contributed by atoms with van der Waals surface area (Å²) in [4.78, 5) is 4.02. The zero-order chi connectivity index (χ0) is 12.5. The Kier molecular flexibility index (Phi) is 2.99. The van der Waals surface area contributed by atoms with Gasteiger partial charge in [-0.05, 0) is 55.7 Å². The van der Waals surface area contributed by atoms with Crippen LogP contribution in [0.15, 0.2) is 42.7 Å². The van der Waals surface area contributed by atoms with Crippen molar-refractivity contribution in [3.63, 3.8) is 0 Å². The van der Waals surface area contributed by atoms with E-state index in [0.29, 0.717) is 0 Å². The van der Waals surface area contributed by atoms with Crippen molar-refractivity contribution < 1.29 is 5.11 Å². The van der Waals surface area contributed by atoms with E-state index in [2.05, 4.69) is 11.1 Å². The molecule has 0 spiro atoms. The van der Waals surface area contributed by atoms with Crippen LogP contribution >= 0.6 is 0 Å². The topological polar surface area (TPSA) is 33.1 Å². The van der Waals surface area contributed by atoms with E-state index < -0.39 is 5.60 Å². The fourth-order valence-corrected chi connectivity index (χ4v) is 1.85. The van der Waals surface area contributed by atoms with Crippen LogP contribution in [0.2, 0.25) is 0 Å². The normalized spacial score (nSPS) is 11.5. The molecule has 0 amide bonds. The van der Waals surface area contributed by atoms with Crippen LogP contribution in [0.3, 0.4) is 0 Å². The molecule has 0 atom stereocenters. The predicted octanol–water partition coefficient (Wildman–Crippen LogP) is 3.28. The van der Waals surface area contributed by atoms with Gasteiger partial charge >= 0.3 is 0 Å². The first-order valence-corrected chi connectivity index (χ1v) is 5.72. The number of rotatable bonds is 2. The molecule has 2 rings (SSSR count). The van der Waals surface area contributed by atoms with Crippen LogP contribution in [0.25, 0.3) is 11.1 Å². The van der Waals surface area contributed by atoms with Crippen molar-refractivity contribution >= 4 is 0 Å². The molecule has 0 bridgehead atoms. The fraction of sp³-hybridized carbons (Fsp3) is 0.267. The molecular weight excluding hydrogens is 210 g/mol. The first-order valence-electron chi connectivity index (χ1n) is 5.72. The van der Waals surface area contributed by atoms with Crippen molar-refractivity contribution in [2.24, 2.45) is 0 Å². The monoisotopic (exact) mass is 227 g/mol. The van der Waals surface area contributed by atoms with Gasteiger partial charge in [0, 0.05) is 12.4 Å². The molecule has 0 aliphatic carbocycles. The highest BCUT2D eigenvalue weighted by molar-refractivity contribution is 5.64. The van der Waals surface area contributed by atoms with Crippen LogP contribution in [-0.2, 0) is 5.60 Å². The number of aryl methyl sites for hydroxylation is 1. The molecule has 17 heavy (non-hydrogen) atoms. The Morgan fingerprint density at radius 2 is 1.65 bits per heavy atom. The van der Waals surface area contributed by atoms with Gasteiger partial charge in [-0.2, -0.15) is 0 Å². The summed E-state index contributed by atoms with van der Waals surface area (Å²) in [5.41, 5.74) is 3.51. The molecule has 2 nitrogen and oxygen atoms in total. The van der Waals surface area contributed by atoms with Crippen LogP contribution in [-0.4, -0.2) is 10.1 Å². The number of benzene rings is 1. The summed E-state index contributed by atoms with van der Waals surface area (Å²) in [6.07, 6.45) is 3.56. The lowest BCUT2D eigenvalue weighted by Crippen LogP contribution is -2.15. The minimum atomic E-state index is -0.812. The molecule has 0 aliphatic heterocycles. The highest BCUT2D eigenvalue weighted by Crippen LogP contribution is 2.27. The SMILES string of the molecule is Cc1cc(-c2ccncc2)cc(C(C)(C)O)c1. The van der Waals surface area contributed by atoms with Crippen molar-refractivity contribution in [3.05, 3.63) is 53.9 Å². The molecule has 0 unspecified atom stereocenters. The molecule has 1 aromatic heterocycles. The van der Waals surface area contributed by atoms with E-state index in [1.54, 1.807) is 26.2 Å². The Morgan fingerprint density at radius 3 is 2.24 bits per heavy atom. The van der Waals surface area contributed by atoms with Gasteiger partial charge in [-0.3, -0.25) is 4.98 Å². The standard InChI is InChI=1S/C15H17NO/c1-11-8-13(12-4-6-16-7-5-12)10-14(9-11)15(2,3)17/h4-10,17H,1-3H3. The summed E-state index contributed by atoms with van der Waals surface area (Å²) in [6, 6.07) is 10.1. The van der Waals surface area contributed by atoms with Gasteiger partial charge in [-0.15, -0.1) is 0 Å². The lowest BCUT2D eigenvalue weighted by Gasteiger charge is -2.19. The molecule has 1 heterocycles. The number of hydrogen-bond acceptors (Lipinski definition) is 2. The molecular formula is C15H17NO. The number of aliphatic hydroxyl groups is 1. The molecule has 2 heteroatoms. The van der Waals surface area contributed by atoms with E-state index >= 15 is 0 Å². The lowest BCUT2D eigenvalue weighted by atomic mass is 9.92. The number of pyridine rings is 1. The second-order valence-corrected chi connectivity index (χ2v) is 4.88. The Bertz CT molecular complexity index is 512. The van der Waals surface area contributed by atoms with Crippen LogP contribution in [0.5, 0.6) is 0 Å². The molecule has 0 radical (unpaired) electrons. The predicted molar refractivity (Wildman–Crippen MR) is 69.7 cm³/mol. The van der Waals surface area contributed by atoms with Crippen molar-refractivity contribution in [1.82, 2.24) is 4.98 Å². The molecule has 0 saturated carbocycles. The lowest BCUT2D eigenvalue weighted by molar-refractivity contribution is 0.0786. The third-order valence-electron chi connectivity index (χ3n) is 2.80. The third-order valence-corrected chi connectivity index (χ3v) is 2.80. The molecule has 88 valence electrons. The quantitative estimate of drug-likeness (QED) is 0.854. The van der Waals surface area contributed by atoms with E-state index in [-0.39, 0.29) is 0 Å². The van der Waals surface area contributed by atoms with Crippen LogP contribution in [0, 0.1) is 6.92 Å². The summed E-state index contributed by atoms with van der Waals surface area (Å²) >= 11 is 0. The van der Waals surface area contributed by atoms with Gasteiger partial charge < -0.3 is 5.11 Å². The van der Waals surface area contributed by atoms with E-state index in [4.69, 9.17) is 0 Å². The Labute approximate surface area is 102 Å². The number of nitrogens with zero attached hydrogens (tertiary/aromatic N) is 1. The van der Waals surface area contributed by atoms with E-state index in [1.165, 1.54) is 0 Å². The first-order chi connectivity index (χ1) is 7.97. The second-order valence-electron chi connectivity index (χ2n) is 4.88. The van der Waals surface area contributed by atoms with Crippen LogP contribution in [0.4, 0.5) is 0 Å². The second kappa shape index (κ2) is 4.30. The number of hydrogen-bond donors (Lipinski definition) is 1. The zero-order valence-electron chi connectivity index (χ0n) is 10.4. The largest absolute Gasteiger partial charge is 0.386 e. The Hall–Kier alpha value is -1.67. The summed E-state index contributed by atoms with van der Waals surface area (Å²) in [5, 5.41) is 10.1. The highest BCUT2D eigenvalue weighted by Gasteiger charge is 2.16. The van der Waals surface area contributed by atoms with Gasteiger partial charge in [0.25, 0.3) is 0 Å². The van der Waals surface area contributed by atoms with Crippen molar-refractivity contribution in [2.45, 2.75) is 26.4 Å². The maximum atomic E-state index is 10.1. The average molecular weight is 227 g/mol. The minimum Gasteiger partial charge on any atom is -0.386 e. The first kappa shape index (κ1) is 11.8. The van der Waals surface area contributed by atoms with Crippen LogP contribution < -0.4 is 0 Å². The number of aromatic nitrogens is 1. The fourth-order valence-electron chi connectivity index (χ4n) is 1.85. The maximum Gasteiger partial charge on any atom is 0.0840 e. The van der Waals surface area contributed by atoms with Gasteiger partial charge in [0.1, 0.15) is 0 Å². The van der Waals surface area contributed by atoms with Crippen molar-refractivity contribution in [2.75, 3.05) is 0 Å². The Balaban J connectivity index is 2.54. The van der Waals surface area contributed by atoms with Gasteiger partial charge in [0.05, 0.1) is 5.60 Å².